The molecule has 1 aliphatic heterocycles. The largest absolute Gasteiger partial charge is 0.452 e. The zero-order chi connectivity index (χ0) is 8.55. The second kappa shape index (κ2) is 2.92. The number of fused-ring (bicyclic) bond motifs is 1. The van der Waals surface area contributed by atoms with E-state index in [0.29, 0.717) is 11.6 Å². The lowest BCUT2D eigenvalue weighted by atomic mass is 10.2. The van der Waals surface area contributed by atoms with Gasteiger partial charge in [0.05, 0.1) is 0 Å². The Morgan fingerprint density at radius 2 is 2.25 bits per heavy atom. The van der Waals surface area contributed by atoms with Gasteiger partial charge in [-0.3, -0.25) is 0 Å². The molecule has 1 aromatic carbocycles. The molecule has 2 nitrogen and oxygen atoms in total. The molecule has 0 N–H and O–H groups in total. The van der Waals surface area contributed by atoms with Crippen LogP contribution in [0.5, 0.6) is 5.75 Å². The number of halogens is 1. The van der Waals surface area contributed by atoms with Crippen LogP contribution in [0.3, 0.4) is 0 Å². The van der Waals surface area contributed by atoms with Crippen LogP contribution in [0.25, 0.3) is 0 Å². The van der Waals surface area contributed by atoms with Crippen molar-refractivity contribution in [2.24, 2.45) is 0 Å². The summed E-state index contributed by atoms with van der Waals surface area (Å²) in [6.07, 6.45) is 0. The molecule has 0 saturated heterocycles. The Kier molecular flexibility index (Phi) is 1.90. The summed E-state index contributed by atoms with van der Waals surface area (Å²) in [5.41, 5.74) is 0.927. The minimum absolute atomic E-state index is 0.171. The number of ether oxygens (including phenoxy) is 2. The second-order valence-corrected chi connectivity index (χ2v) is 3.16. The van der Waals surface area contributed by atoms with Crippen molar-refractivity contribution in [3.05, 3.63) is 28.8 Å². The predicted molar refractivity (Wildman–Crippen MR) is 49.5 cm³/mol. The first-order chi connectivity index (χ1) is 5.75. The topological polar surface area (TPSA) is 18.5 Å². The number of hydrogen-bond donors (Lipinski definition) is 0. The van der Waals surface area contributed by atoms with Crippen LogP contribution in [-0.2, 0) is 11.3 Å². The highest BCUT2D eigenvalue weighted by atomic mass is 35.5. The Balaban J connectivity index is 2.43. The smallest absolute Gasteiger partial charge is 0.358 e. The van der Waals surface area contributed by atoms with Gasteiger partial charge in [0.1, 0.15) is 12.4 Å². The predicted octanol–water partition coefficient (Wildman–Crippen LogP) is 2.53. The first kappa shape index (κ1) is 7.83. The van der Waals surface area contributed by atoms with E-state index in [4.69, 9.17) is 33.3 Å². The molecule has 0 spiro atoms. The van der Waals surface area contributed by atoms with Gasteiger partial charge in [-0.05, 0) is 18.2 Å². The van der Waals surface area contributed by atoms with Crippen LogP contribution in [0.2, 0.25) is 5.02 Å². The first-order valence-electron chi connectivity index (χ1n) is 3.39. The normalized spacial score (nSPS) is 14.6. The Hall–Kier alpha value is -0.800. The summed E-state index contributed by atoms with van der Waals surface area (Å²) >= 11 is 10.5. The Bertz CT molecular complexity index is 338. The van der Waals surface area contributed by atoms with Gasteiger partial charge in [-0.25, -0.2) is 0 Å². The van der Waals surface area contributed by atoms with Gasteiger partial charge in [0.25, 0.3) is 0 Å². The van der Waals surface area contributed by atoms with Gasteiger partial charge in [-0.1, -0.05) is 11.6 Å². The summed E-state index contributed by atoms with van der Waals surface area (Å²) in [7, 11) is 0. The minimum atomic E-state index is 0.171. The average molecular weight is 201 g/mol. The second-order valence-electron chi connectivity index (χ2n) is 2.39. The SMILES string of the molecule is S=C1OCc2cc(Cl)ccc2O1. The molecule has 0 amide bonds. The fourth-order valence-electron chi connectivity index (χ4n) is 1.02. The van der Waals surface area contributed by atoms with E-state index >= 15 is 0 Å². The van der Waals surface area contributed by atoms with Crippen LogP contribution >= 0.6 is 23.8 Å². The van der Waals surface area contributed by atoms with Crippen molar-refractivity contribution < 1.29 is 9.47 Å². The van der Waals surface area contributed by atoms with Crippen LogP contribution < -0.4 is 4.74 Å². The average Bonchev–Trinajstić information content (AvgIpc) is 2.05. The van der Waals surface area contributed by atoms with Crippen molar-refractivity contribution >= 4 is 29.1 Å². The lowest BCUT2D eigenvalue weighted by molar-refractivity contribution is 0.210. The number of rotatable bonds is 0. The zero-order valence-corrected chi connectivity index (χ0v) is 7.61. The molecule has 1 aliphatic rings. The molecule has 0 radical (unpaired) electrons. The van der Waals surface area contributed by atoms with Gasteiger partial charge in [0.15, 0.2) is 0 Å². The molecule has 4 heteroatoms. The zero-order valence-electron chi connectivity index (χ0n) is 6.04. The maximum absolute atomic E-state index is 5.77. The van der Waals surface area contributed by atoms with Crippen molar-refractivity contribution in [1.82, 2.24) is 0 Å². The molecule has 62 valence electrons. The Labute approximate surface area is 80.0 Å². The van der Waals surface area contributed by atoms with Crippen LogP contribution in [-0.4, -0.2) is 5.24 Å². The maximum atomic E-state index is 5.77. The third-order valence-corrected chi connectivity index (χ3v) is 2.00. The van der Waals surface area contributed by atoms with Gasteiger partial charge in [0.2, 0.25) is 0 Å². The van der Waals surface area contributed by atoms with E-state index in [9.17, 15) is 0 Å². The standard InChI is InChI=1S/C8H5ClO2S/c9-6-1-2-7-5(3-6)4-10-8(12)11-7/h1-3H,4H2. The van der Waals surface area contributed by atoms with Crippen LogP contribution in [0.4, 0.5) is 0 Å². The molecular weight excluding hydrogens is 196 g/mol. The Morgan fingerprint density at radius 1 is 1.42 bits per heavy atom. The summed E-state index contributed by atoms with van der Waals surface area (Å²) < 4.78 is 10.1. The van der Waals surface area contributed by atoms with E-state index in [1.165, 1.54) is 0 Å². The molecule has 0 aromatic heterocycles. The van der Waals surface area contributed by atoms with E-state index in [1.807, 2.05) is 0 Å². The fraction of sp³-hybridized carbons (Fsp3) is 0.125. The molecule has 0 atom stereocenters. The van der Waals surface area contributed by atoms with E-state index < -0.39 is 0 Å². The summed E-state index contributed by atoms with van der Waals surface area (Å²) in [6, 6.07) is 5.35. The lowest BCUT2D eigenvalue weighted by Gasteiger charge is -2.17. The molecule has 2 rings (SSSR count). The number of hydrogen-bond acceptors (Lipinski definition) is 3. The van der Waals surface area contributed by atoms with Gasteiger partial charge >= 0.3 is 5.24 Å². The van der Waals surface area contributed by atoms with Crippen molar-refractivity contribution in [3.8, 4) is 5.75 Å². The summed E-state index contributed by atoms with van der Waals surface area (Å²) in [6.45, 7) is 0.439. The molecule has 0 saturated carbocycles. The quantitative estimate of drug-likeness (QED) is 0.600. The van der Waals surface area contributed by atoms with Crippen molar-refractivity contribution in [2.75, 3.05) is 0 Å². The molecule has 0 aliphatic carbocycles. The molecule has 1 aromatic rings. The van der Waals surface area contributed by atoms with Gasteiger partial charge < -0.3 is 9.47 Å². The lowest BCUT2D eigenvalue weighted by Crippen LogP contribution is -2.16. The third kappa shape index (κ3) is 1.38. The molecule has 0 unspecified atom stereocenters. The highest BCUT2D eigenvalue weighted by Gasteiger charge is 2.14. The molecule has 12 heavy (non-hydrogen) atoms. The van der Waals surface area contributed by atoms with Crippen LogP contribution in [0.15, 0.2) is 18.2 Å². The summed E-state index contributed by atoms with van der Waals surface area (Å²) in [5, 5.41) is 0.846. The highest BCUT2D eigenvalue weighted by Crippen LogP contribution is 2.26. The Morgan fingerprint density at radius 3 is 3.08 bits per heavy atom. The number of benzene rings is 1. The maximum Gasteiger partial charge on any atom is 0.358 e. The van der Waals surface area contributed by atoms with Gasteiger partial charge in [-0.2, -0.15) is 0 Å². The summed E-state index contributed by atoms with van der Waals surface area (Å²) in [4.78, 5) is 0. The van der Waals surface area contributed by atoms with Crippen LogP contribution in [0.1, 0.15) is 5.56 Å². The summed E-state index contributed by atoms with van der Waals surface area (Å²) in [5.74, 6) is 0.732. The monoisotopic (exact) mass is 200 g/mol. The van der Waals surface area contributed by atoms with Crippen molar-refractivity contribution in [2.45, 2.75) is 6.61 Å². The van der Waals surface area contributed by atoms with Crippen molar-refractivity contribution in [3.63, 3.8) is 0 Å². The van der Waals surface area contributed by atoms with E-state index in [1.54, 1.807) is 18.2 Å². The van der Waals surface area contributed by atoms with Crippen LogP contribution in [0, 0.1) is 0 Å². The number of thiocarbonyl (C=S) groups is 1. The van der Waals surface area contributed by atoms with E-state index in [-0.39, 0.29) is 5.24 Å². The highest BCUT2D eigenvalue weighted by molar-refractivity contribution is 7.79. The van der Waals surface area contributed by atoms with Gasteiger partial charge in [0, 0.05) is 22.8 Å². The molecule has 1 heterocycles. The fourth-order valence-corrected chi connectivity index (χ4v) is 1.36. The molecular formula is C8H5ClO2S. The van der Waals surface area contributed by atoms with E-state index in [2.05, 4.69) is 0 Å². The molecule has 0 bridgehead atoms. The van der Waals surface area contributed by atoms with E-state index in [0.717, 1.165) is 11.3 Å². The minimum Gasteiger partial charge on any atom is -0.452 e. The third-order valence-electron chi connectivity index (χ3n) is 1.56. The first-order valence-corrected chi connectivity index (χ1v) is 4.17. The van der Waals surface area contributed by atoms with Gasteiger partial charge in [-0.15, -0.1) is 0 Å². The molecule has 0 fully saturated rings. The van der Waals surface area contributed by atoms with Crippen molar-refractivity contribution in [1.29, 1.82) is 0 Å².